The number of nitrogens with two attached hydrogens (primary N) is 1. The van der Waals surface area contributed by atoms with E-state index in [9.17, 15) is 0 Å². The van der Waals surface area contributed by atoms with Gasteiger partial charge in [0.25, 0.3) is 0 Å². The summed E-state index contributed by atoms with van der Waals surface area (Å²) in [4.78, 5) is 2.44. The van der Waals surface area contributed by atoms with E-state index in [1.807, 2.05) is 6.07 Å². The number of benzene rings is 1. The lowest BCUT2D eigenvalue weighted by Gasteiger charge is -2.35. The van der Waals surface area contributed by atoms with Gasteiger partial charge in [-0.2, -0.15) is 0 Å². The molecule has 4 heteroatoms. The largest absolute Gasteiger partial charge is 0.496 e. The first-order valence-corrected chi connectivity index (χ1v) is 6.53. The van der Waals surface area contributed by atoms with E-state index < -0.39 is 0 Å². The van der Waals surface area contributed by atoms with Crippen LogP contribution in [0.15, 0.2) is 18.2 Å². The van der Waals surface area contributed by atoms with Crippen molar-refractivity contribution >= 4 is 0 Å². The van der Waals surface area contributed by atoms with Crippen LogP contribution in [0.5, 0.6) is 5.75 Å². The fraction of sp³-hybridized carbons (Fsp3) is 0.571. The van der Waals surface area contributed by atoms with Crippen LogP contribution in [0.4, 0.5) is 0 Å². The number of ether oxygens (including phenoxy) is 1. The third-order valence-electron chi connectivity index (χ3n) is 3.55. The first-order valence-electron chi connectivity index (χ1n) is 6.53. The third kappa shape index (κ3) is 3.02. The quantitative estimate of drug-likeness (QED) is 0.826. The van der Waals surface area contributed by atoms with E-state index in [4.69, 9.17) is 10.5 Å². The number of nitrogens with zero attached hydrogens (tertiary/aromatic N) is 1. The highest BCUT2D eigenvalue weighted by atomic mass is 16.5. The van der Waals surface area contributed by atoms with Crippen molar-refractivity contribution in [2.45, 2.75) is 19.5 Å². The van der Waals surface area contributed by atoms with Crippen LogP contribution in [-0.4, -0.2) is 44.2 Å². The Kier molecular flexibility index (Phi) is 4.58. The summed E-state index contributed by atoms with van der Waals surface area (Å²) >= 11 is 0. The highest BCUT2D eigenvalue weighted by Gasteiger charge is 2.21. The second kappa shape index (κ2) is 6.18. The highest BCUT2D eigenvalue weighted by Crippen LogP contribution is 2.22. The van der Waals surface area contributed by atoms with Crippen LogP contribution in [0.2, 0.25) is 0 Å². The Morgan fingerprint density at radius 2 is 2.33 bits per heavy atom. The number of methoxy groups -OCH3 is 1. The summed E-state index contributed by atoms with van der Waals surface area (Å²) in [6.07, 6.45) is 0. The predicted octanol–water partition coefficient (Wildman–Crippen LogP) is 0.736. The van der Waals surface area contributed by atoms with Gasteiger partial charge < -0.3 is 15.8 Å². The summed E-state index contributed by atoms with van der Waals surface area (Å²) in [5.41, 5.74) is 8.35. The van der Waals surface area contributed by atoms with Crippen molar-refractivity contribution in [3.05, 3.63) is 29.3 Å². The van der Waals surface area contributed by atoms with E-state index >= 15 is 0 Å². The standard InChI is InChI=1S/C14H23N3O/c1-11-3-4-14(18-2)12(7-11)10-17-6-5-16-9-13(17)8-15/h3-4,7,13,16H,5-6,8-10,15H2,1-2H3. The number of aryl methyl sites for hydroxylation is 1. The number of nitrogens with one attached hydrogen (secondary N) is 1. The Bertz CT molecular complexity index is 395. The van der Waals surface area contributed by atoms with Gasteiger partial charge in [0.1, 0.15) is 5.75 Å². The minimum absolute atomic E-state index is 0.420. The van der Waals surface area contributed by atoms with Gasteiger partial charge in [-0.25, -0.2) is 0 Å². The average molecular weight is 249 g/mol. The topological polar surface area (TPSA) is 50.5 Å². The fourth-order valence-corrected chi connectivity index (χ4v) is 2.49. The number of piperazine rings is 1. The molecule has 0 amide bonds. The molecule has 1 heterocycles. The first kappa shape index (κ1) is 13.3. The van der Waals surface area contributed by atoms with Crippen molar-refractivity contribution < 1.29 is 4.74 Å². The van der Waals surface area contributed by atoms with Crippen molar-refractivity contribution in [1.29, 1.82) is 0 Å². The van der Waals surface area contributed by atoms with Crippen LogP contribution in [0.25, 0.3) is 0 Å². The SMILES string of the molecule is COc1ccc(C)cc1CN1CCNCC1CN. The van der Waals surface area contributed by atoms with E-state index in [-0.39, 0.29) is 0 Å². The van der Waals surface area contributed by atoms with Crippen LogP contribution in [-0.2, 0) is 6.54 Å². The van der Waals surface area contributed by atoms with Gasteiger partial charge in [0.15, 0.2) is 0 Å². The third-order valence-corrected chi connectivity index (χ3v) is 3.55. The molecule has 0 aliphatic carbocycles. The molecule has 0 radical (unpaired) electrons. The smallest absolute Gasteiger partial charge is 0.123 e. The van der Waals surface area contributed by atoms with Crippen molar-refractivity contribution in [1.82, 2.24) is 10.2 Å². The molecule has 1 saturated heterocycles. The van der Waals surface area contributed by atoms with E-state index in [0.717, 1.165) is 31.9 Å². The predicted molar refractivity (Wildman–Crippen MR) is 73.9 cm³/mol. The zero-order chi connectivity index (χ0) is 13.0. The molecule has 0 bridgehead atoms. The van der Waals surface area contributed by atoms with Crippen LogP contribution in [0, 0.1) is 6.92 Å². The van der Waals surface area contributed by atoms with Crippen molar-refractivity contribution in [3.63, 3.8) is 0 Å². The van der Waals surface area contributed by atoms with Gasteiger partial charge in [0, 0.05) is 44.3 Å². The monoisotopic (exact) mass is 249 g/mol. The van der Waals surface area contributed by atoms with Gasteiger partial charge in [0.2, 0.25) is 0 Å². The van der Waals surface area contributed by atoms with Crippen LogP contribution in [0.1, 0.15) is 11.1 Å². The Balaban J connectivity index is 2.14. The molecule has 1 fully saturated rings. The van der Waals surface area contributed by atoms with Crippen molar-refractivity contribution in [2.24, 2.45) is 5.73 Å². The molecule has 18 heavy (non-hydrogen) atoms. The lowest BCUT2D eigenvalue weighted by atomic mass is 10.1. The zero-order valence-corrected chi connectivity index (χ0v) is 11.3. The normalized spacial score (nSPS) is 20.9. The Hall–Kier alpha value is -1.10. The second-order valence-electron chi connectivity index (χ2n) is 4.88. The molecule has 1 unspecified atom stereocenters. The molecule has 0 spiro atoms. The molecule has 1 aliphatic rings. The number of rotatable bonds is 4. The molecule has 100 valence electrons. The Morgan fingerprint density at radius 1 is 1.50 bits per heavy atom. The molecule has 1 aliphatic heterocycles. The molecule has 0 aromatic heterocycles. The van der Waals surface area contributed by atoms with Gasteiger partial charge >= 0.3 is 0 Å². The number of hydrogen-bond donors (Lipinski definition) is 2. The molecule has 0 saturated carbocycles. The fourth-order valence-electron chi connectivity index (χ4n) is 2.49. The molecule has 1 aromatic rings. The Labute approximate surface area is 109 Å². The molecule has 3 N–H and O–H groups in total. The maximum atomic E-state index is 5.83. The van der Waals surface area contributed by atoms with Gasteiger partial charge in [-0.3, -0.25) is 4.90 Å². The Morgan fingerprint density at radius 3 is 3.06 bits per heavy atom. The maximum absolute atomic E-state index is 5.83. The minimum atomic E-state index is 0.420. The first-order chi connectivity index (χ1) is 8.74. The summed E-state index contributed by atoms with van der Waals surface area (Å²) in [5.74, 6) is 0.968. The minimum Gasteiger partial charge on any atom is -0.496 e. The summed E-state index contributed by atoms with van der Waals surface area (Å²) in [6, 6.07) is 6.75. The summed E-state index contributed by atoms with van der Waals surface area (Å²) in [5, 5.41) is 3.39. The number of hydrogen-bond acceptors (Lipinski definition) is 4. The summed E-state index contributed by atoms with van der Waals surface area (Å²) < 4.78 is 5.44. The van der Waals surface area contributed by atoms with Crippen molar-refractivity contribution in [2.75, 3.05) is 33.3 Å². The zero-order valence-electron chi connectivity index (χ0n) is 11.3. The van der Waals surface area contributed by atoms with Gasteiger partial charge in [0.05, 0.1) is 7.11 Å². The lowest BCUT2D eigenvalue weighted by Crippen LogP contribution is -2.53. The molecule has 4 nitrogen and oxygen atoms in total. The second-order valence-corrected chi connectivity index (χ2v) is 4.88. The average Bonchev–Trinajstić information content (AvgIpc) is 2.40. The van der Waals surface area contributed by atoms with Crippen LogP contribution in [0.3, 0.4) is 0 Å². The lowest BCUT2D eigenvalue weighted by molar-refractivity contribution is 0.156. The molecular weight excluding hydrogens is 226 g/mol. The van der Waals surface area contributed by atoms with Crippen molar-refractivity contribution in [3.8, 4) is 5.75 Å². The molecule has 2 rings (SSSR count). The van der Waals surface area contributed by atoms with Crippen LogP contribution < -0.4 is 15.8 Å². The summed E-state index contributed by atoms with van der Waals surface area (Å²) in [6.45, 7) is 6.77. The van der Waals surface area contributed by atoms with Crippen LogP contribution >= 0.6 is 0 Å². The van der Waals surface area contributed by atoms with Gasteiger partial charge in [-0.05, 0) is 13.0 Å². The molecular formula is C14H23N3O. The summed E-state index contributed by atoms with van der Waals surface area (Å²) in [7, 11) is 1.73. The van der Waals surface area contributed by atoms with Gasteiger partial charge in [-0.15, -0.1) is 0 Å². The van der Waals surface area contributed by atoms with E-state index in [2.05, 4.69) is 29.3 Å². The van der Waals surface area contributed by atoms with E-state index in [1.165, 1.54) is 11.1 Å². The molecule has 1 aromatic carbocycles. The van der Waals surface area contributed by atoms with Gasteiger partial charge in [-0.1, -0.05) is 17.7 Å². The maximum Gasteiger partial charge on any atom is 0.123 e. The molecule has 1 atom stereocenters. The highest BCUT2D eigenvalue weighted by molar-refractivity contribution is 5.36. The van der Waals surface area contributed by atoms with E-state index in [1.54, 1.807) is 7.11 Å². The van der Waals surface area contributed by atoms with E-state index in [0.29, 0.717) is 12.6 Å².